The number of amides is 1. The highest BCUT2D eigenvalue weighted by Crippen LogP contribution is 2.29. The van der Waals surface area contributed by atoms with E-state index in [2.05, 4.69) is 70.1 Å². The first-order valence-corrected chi connectivity index (χ1v) is 13.6. The predicted molar refractivity (Wildman–Crippen MR) is 159 cm³/mol. The predicted octanol–water partition coefficient (Wildman–Crippen LogP) is 6.79. The molecule has 1 aromatic heterocycles. The average molecular weight is 528 g/mol. The molecule has 0 bridgehead atoms. The lowest BCUT2D eigenvalue weighted by molar-refractivity contribution is -0.118. The summed E-state index contributed by atoms with van der Waals surface area (Å²) in [6.45, 7) is 2.05. The van der Waals surface area contributed by atoms with Crippen molar-refractivity contribution < 1.29 is 4.79 Å². The molecule has 1 N–H and O–H groups in total. The molecule has 0 saturated heterocycles. The number of carbonyl (C=O) groups is 1. The van der Waals surface area contributed by atoms with Gasteiger partial charge in [-0.05, 0) is 46.7 Å². The Morgan fingerprint density at radius 1 is 0.846 bits per heavy atom. The van der Waals surface area contributed by atoms with Crippen molar-refractivity contribution in [3.05, 3.63) is 120 Å². The molecular formula is C32H25N5OS. The second-order valence-corrected chi connectivity index (χ2v) is 10.1. The normalized spacial score (nSPS) is 11.4. The molecule has 0 atom stereocenters. The standard InChI is InChI=1S/C32H25N5OS/c1-22-15-17-26(18-16-22)37-31(23-9-3-2-4-10-23)35-36-32(37)39-21-30(38)34-33-20-29-27-13-7-5-11-24(27)19-25-12-6-8-14-28(25)29/h2-20H,21H2,1H3,(H,34,38)/b33-20+. The molecule has 6 aromatic rings. The molecule has 6 rings (SSSR count). The van der Waals surface area contributed by atoms with Crippen LogP contribution < -0.4 is 5.43 Å². The molecule has 0 fully saturated rings. The van der Waals surface area contributed by atoms with E-state index in [-0.39, 0.29) is 11.7 Å². The van der Waals surface area contributed by atoms with Crippen molar-refractivity contribution in [3.8, 4) is 17.1 Å². The Kier molecular flexibility index (Phi) is 6.89. The van der Waals surface area contributed by atoms with Gasteiger partial charge in [-0.15, -0.1) is 10.2 Å². The zero-order chi connectivity index (χ0) is 26.6. The highest BCUT2D eigenvalue weighted by Gasteiger charge is 2.17. The van der Waals surface area contributed by atoms with Gasteiger partial charge in [-0.3, -0.25) is 9.36 Å². The summed E-state index contributed by atoms with van der Waals surface area (Å²) in [6.07, 6.45) is 1.73. The fraction of sp³-hybridized carbons (Fsp3) is 0.0625. The summed E-state index contributed by atoms with van der Waals surface area (Å²) >= 11 is 1.32. The van der Waals surface area contributed by atoms with E-state index in [1.54, 1.807) is 6.21 Å². The van der Waals surface area contributed by atoms with Gasteiger partial charge in [0.15, 0.2) is 11.0 Å². The van der Waals surface area contributed by atoms with Gasteiger partial charge in [-0.25, -0.2) is 5.43 Å². The number of rotatable bonds is 7. The molecule has 0 saturated carbocycles. The number of benzene rings is 5. The third kappa shape index (κ3) is 5.17. The summed E-state index contributed by atoms with van der Waals surface area (Å²) in [6, 6.07) is 36.7. The van der Waals surface area contributed by atoms with Crippen molar-refractivity contribution in [3.63, 3.8) is 0 Å². The molecule has 1 heterocycles. The van der Waals surface area contributed by atoms with Gasteiger partial charge in [0.05, 0.1) is 12.0 Å². The quantitative estimate of drug-likeness (QED) is 0.107. The molecule has 5 aromatic carbocycles. The monoisotopic (exact) mass is 527 g/mol. The topological polar surface area (TPSA) is 72.2 Å². The molecule has 6 nitrogen and oxygen atoms in total. The zero-order valence-corrected chi connectivity index (χ0v) is 22.1. The fourth-order valence-corrected chi connectivity index (χ4v) is 5.33. The minimum atomic E-state index is -0.222. The number of hydrogen-bond acceptors (Lipinski definition) is 5. The Morgan fingerprint density at radius 2 is 1.49 bits per heavy atom. The number of thioether (sulfide) groups is 1. The van der Waals surface area contributed by atoms with Crippen molar-refractivity contribution in [2.24, 2.45) is 5.10 Å². The van der Waals surface area contributed by atoms with Crippen LogP contribution in [0.15, 0.2) is 119 Å². The van der Waals surface area contributed by atoms with E-state index in [0.717, 1.165) is 44.2 Å². The Balaban J connectivity index is 1.22. The van der Waals surface area contributed by atoms with Crippen LogP contribution in [0.4, 0.5) is 0 Å². The van der Waals surface area contributed by atoms with E-state index in [4.69, 9.17) is 0 Å². The van der Waals surface area contributed by atoms with Gasteiger partial charge in [-0.1, -0.05) is 108 Å². The first-order valence-electron chi connectivity index (χ1n) is 12.6. The average Bonchev–Trinajstić information content (AvgIpc) is 3.40. The van der Waals surface area contributed by atoms with Crippen molar-refractivity contribution in [1.82, 2.24) is 20.2 Å². The van der Waals surface area contributed by atoms with E-state index >= 15 is 0 Å². The minimum absolute atomic E-state index is 0.145. The lowest BCUT2D eigenvalue weighted by Crippen LogP contribution is -2.20. The molecule has 0 aliphatic rings. The number of aromatic nitrogens is 3. The second-order valence-electron chi connectivity index (χ2n) is 9.16. The molecule has 1 amide bonds. The maximum Gasteiger partial charge on any atom is 0.250 e. The Morgan fingerprint density at radius 3 is 2.18 bits per heavy atom. The van der Waals surface area contributed by atoms with Crippen LogP contribution in [-0.2, 0) is 4.79 Å². The van der Waals surface area contributed by atoms with E-state index in [0.29, 0.717) is 5.16 Å². The van der Waals surface area contributed by atoms with Crippen LogP contribution in [0, 0.1) is 6.92 Å². The summed E-state index contributed by atoms with van der Waals surface area (Å²) in [5.41, 5.74) is 6.72. The Bertz CT molecular complexity index is 1760. The molecule has 0 radical (unpaired) electrons. The van der Waals surface area contributed by atoms with Gasteiger partial charge in [0.1, 0.15) is 0 Å². The highest BCUT2D eigenvalue weighted by molar-refractivity contribution is 7.99. The number of hydrogen-bond donors (Lipinski definition) is 1. The van der Waals surface area contributed by atoms with E-state index in [1.165, 1.54) is 17.3 Å². The number of nitrogens with one attached hydrogen (secondary N) is 1. The van der Waals surface area contributed by atoms with E-state index in [1.807, 2.05) is 71.3 Å². The van der Waals surface area contributed by atoms with E-state index < -0.39 is 0 Å². The minimum Gasteiger partial charge on any atom is -0.272 e. The highest BCUT2D eigenvalue weighted by atomic mass is 32.2. The molecule has 7 heteroatoms. The van der Waals surface area contributed by atoms with Gasteiger partial charge in [0.2, 0.25) is 0 Å². The molecule has 190 valence electrons. The number of fused-ring (bicyclic) bond motifs is 2. The van der Waals surface area contributed by atoms with E-state index in [9.17, 15) is 4.79 Å². The van der Waals surface area contributed by atoms with Gasteiger partial charge in [-0.2, -0.15) is 5.10 Å². The summed E-state index contributed by atoms with van der Waals surface area (Å²) in [5, 5.41) is 18.3. The lowest BCUT2D eigenvalue weighted by atomic mass is 9.97. The van der Waals surface area contributed by atoms with Crippen LogP contribution >= 0.6 is 11.8 Å². The summed E-state index contributed by atoms with van der Waals surface area (Å²) in [7, 11) is 0. The van der Waals surface area contributed by atoms with Crippen LogP contribution in [0.25, 0.3) is 38.6 Å². The fourth-order valence-electron chi connectivity index (χ4n) is 4.58. The lowest BCUT2D eigenvalue weighted by Gasteiger charge is -2.10. The Hall–Kier alpha value is -4.75. The van der Waals surface area contributed by atoms with Crippen LogP contribution in [0.2, 0.25) is 0 Å². The molecule has 39 heavy (non-hydrogen) atoms. The number of nitrogens with zero attached hydrogens (tertiary/aromatic N) is 4. The third-order valence-corrected chi connectivity index (χ3v) is 7.41. The Labute approximate surface area is 230 Å². The van der Waals surface area contributed by atoms with Gasteiger partial charge < -0.3 is 0 Å². The van der Waals surface area contributed by atoms with Gasteiger partial charge in [0, 0.05) is 16.8 Å². The maximum absolute atomic E-state index is 12.8. The smallest absolute Gasteiger partial charge is 0.250 e. The third-order valence-electron chi connectivity index (χ3n) is 6.49. The number of aryl methyl sites for hydroxylation is 1. The van der Waals surface area contributed by atoms with Gasteiger partial charge in [0.25, 0.3) is 5.91 Å². The molecule has 0 unspecified atom stereocenters. The molecular weight excluding hydrogens is 502 g/mol. The van der Waals surface area contributed by atoms with Crippen molar-refractivity contribution in [2.45, 2.75) is 12.1 Å². The van der Waals surface area contributed by atoms with Crippen LogP contribution in [0.3, 0.4) is 0 Å². The van der Waals surface area contributed by atoms with Crippen molar-refractivity contribution in [1.29, 1.82) is 0 Å². The van der Waals surface area contributed by atoms with Crippen LogP contribution in [-0.4, -0.2) is 32.6 Å². The largest absolute Gasteiger partial charge is 0.272 e. The van der Waals surface area contributed by atoms with Crippen molar-refractivity contribution >= 4 is 45.4 Å². The SMILES string of the molecule is Cc1ccc(-n2c(SCC(=O)N/N=C/c3c4ccccc4cc4ccccc34)nnc2-c2ccccc2)cc1. The molecule has 0 aliphatic heterocycles. The first-order chi connectivity index (χ1) is 19.2. The van der Waals surface area contributed by atoms with Crippen LogP contribution in [0.5, 0.6) is 0 Å². The molecule has 0 aliphatic carbocycles. The summed E-state index contributed by atoms with van der Waals surface area (Å²) in [5.74, 6) is 0.649. The van der Waals surface area contributed by atoms with Gasteiger partial charge >= 0.3 is 0 Å². The zero-order valence-electron chi connectivity index (χ0n) is 21.3. The number of carbonyl (C=O) groups excluding carboxylic acids is 1. The first kappa shape index (κ1) is 24.6. The maximum atomic E-state index is 12.8. The second kappa shape index (κ2) is 10.9. The number of hydrazone groups is 1. The summed E-state index contributed by atoms with van der Waals surface area (Å²) < 4.78 is 1.98. The summed E-state index contributed by atoms with van der Waals surface area (Å²) in [4.78, 5) is 12.8. The molecule has 0 spiro atoms. The van der Waals surface area contributed by atoms with Crippen LogP contribution in [0.1, 0.15) is 11.1 Å². The van der Waals surface area contributed by atoms with Crippen molar-refractivity contribution in [2.75, 3.05) is 5.75 Å².